The van der Waals surface area contributed by atoms with Crippen LogP contribution < -0.4 is 5.32 Å². The molecule has 0 radical (unpaired) electrons. The number of aryl methyl sites for hydroxylation is 2. The summed E-state index contributed by atoms with van der Waals surface area (Å²) < 4.78 is 13.6. The van der Waals surface area contributed by atoms with Gasteiger partial charge in [-0.2, -0.15) is 5.10 Å². The standard InChI is InChI=1S/C10H18FN3/c1-3-10-9(8-14(2)13-10)7-12-6-4-5-11/h8,12H,3-7H2,1-2H3. The molecule has 1 heterocycles. The molecule has 0 spiro atoms. The van der Waals surface area contributed by atoms with Crippen molar-refractivity contribution in [3.8, 4) is 0 Å². The Labute approximate surface area is 84.3 Å². The van der Waals surface area contributed by atoms with Crippen LogP contribution in [0.3, 0.4) is 0 Å². The average molecular weight is 199 g/mol. The minimum Gasteiger partial charge on any atom is -0.312 e. The number of hydrogen-bond acceptors (Lipinski definition) is 2. The molecule has 0 aliphatic rings. The van der Waals surface area contributed by atoms with E-state index in [2.05, 4.69) is 17.3 Å². The lowest BCUT2D eigenvalue weighted by molar-refractivity contribution is 0.459. The molecule has 0 saturated heterocycles. The van der Waals surface area contributed by atoms with E-state index in [4.69, 9.17) is 0 Å². The van der Waals surface area contributed by atoms with Gasteiger partial charge in [0.25, 0.3) is 0 Å². The summed E-state index contributed by atoms with van der Waals surface area (Å²) in [6.45, 7) is 3.36. The summed E-state index contributed by atoms with van der Waals surface area (Å²) in [7, 11) is 1.92. The first-order chi connectivity index (χ1) is 6.77. The first-order valence-corrected chi connectivity index (χ1v) is 5.06. The molecule has 80 valence electrons. The summed E-state index contributed by atoms with van der Waals surface area (Å²) in [4.78, 5) is 0. The smallest absolute Gasteiger partial charge is 0.0906 e. The lowest BCUT2D eigenvalue weighted by Gasteiger charge is -2.01. The van der Waals surface area contributed by atoms with Crippen LogP contribution in [0.4, 0.5) is 4.39 Å². The first kappa shape index (κ1) is 11.2. The van der Waals surface area contributed by atoms with Crippen molar-refractivity contribution in [2.24, 2.45) is 7.05 Å². The van der Waals surface area contributed by atoms with Gasteiger partial charge in [-0.3, -0.25) is 9.07 Å². The van der Waals surface area contributed by atoms with Gasteiger partial charge < -0.3 is 5.32 Å². The Morgan fingerprint density at radius 2 is 2.36 bits per heavy atom. The molecule has 1 aromatic heterocycles. The largest absolute Gasteiger partial charge is 0.312 e. The highest BCUT2D eigenvalue weighted by Crippen LogP contribution is 2.06. The van der Waals surface area contributed by atoms with Crippen LogP contribution in [0.5, 0.6) is 0 Å². The molecular formula is C10H18FN3. The molecule has 1 N–H and O–H groups in total. The van der Waals surface area contributed by atoms with E-state index in [1.165, 1.54) is 5.56 Å². The predicted molar refractivity (Wildman–Crippen MR) is 54.9 cm³/mol. The fourth-order valence-corrected chi connectivity index (χ4v) is 1.44. The number of rotatable bonds is 6. The maximum atomic E-state index is 11.8. The molecule has 0 aliphatic heterocycles. The molecule has 14 heavy (non-hydrogen) atoms. The lowest BCUT2D eigenvalue weighted by Crippen LogP contribution is -2.15. The van der Waals surface area contributed by atoms with Gasteiger partial charge >= 0.3 is 0 Å². The van der Waals surface area contributed by atoms with Gasteiger partial charge in [0.05, 0.1) is 12.4 Å². The fourth-order valence-electron chi connectivity index (χ4n) is 1.44. The molecule has 0 fully saturated rings. The second-order valence-corrected chi connectivity index (χ2v) is 3.35. The lowest BCUT2D eigenvalue weighted by atomic mass is 10.2. The maximum absolute atomic E-state index is 11.8. The summed E-state index contributed by atoms with van der Waals surface area (Å²) in [5.41, 5.74) is 2.34. The van der Waals surface area contributed by atoms with Crippen LogP contribution in [-0.2, 0) is 20.0 Å². The van der Waals surface area contributed by atoms with E-state index in [1.54, 1.807) is 0 Å². The SMILES string of the molecule is CCc1nn(C)cc1CNCCCF. The third kappa shape index (κ3) is 3.10. The van der Waals surface area contributed by atoms with Crippen LogP contribution >= 0.6 is 0 Å². The Morgan fingerprint density at radius 3 is 3.00 bits per heavy atom. The Morgan fingerprint density at radius 1 is 1.57 bits per heavy atom. The van der Waals surface area contributed by atoms with E-state index < -0.39 is 0 Å². The molecule has 0 unspecified atom stereocenters. The predicted octanol–water partition coefficient (Wildman–Crippen LogP) is 1.43. The molecule has 0 amide bonds. The van der Waals surface area contributed by atoms with Crippen molar-refractivity contribution in [2.45, 2.75) is 26.3 Å². The molecule has 0 aromatic carbocycles. The van der Waals surface area contributed by atoms with Gasteiger partial charge in [-0.15, -0.1) is 0 Å². The van der Waals surface area contributed by atoms with Gasteiger partial charge in [0.2, 0.25) is 0 Å². The Kier molecular flexibility index (Phi) is 4.59. The number of alkyl halides is 1. The van der Waals surface area contributed by atoms with Gasteiger partial charge in [0.1, 0.15) is 0 Å². The zero-order chi connectivity index (χ0) is 10.4. The molecule has 0 saturated carbocycles. The van der Waals surface area contributed by atoms with E-state index in [0.29, 0.717) is 6.42 Å². The number of hydrogen-bond donors (Lipinski definition) is 1. The Hall–Kier alpha value is -0.900. The van der Waals surface area contributed by atoms with E-state index in [-0.39, 0.29) is 6.67 Å². The van der Waals surface area contributed by atoms with Crippen LogP contribution in [-0.4, -0.2) is 23.0 Å². The second-order valence-electron chi connectivity index (χ2n) is 3.35. The second kappa shape index (κ2) is 5.75. The topological polar surface area (TPSA) is 29.9 Å². The highest BCUT2D eigenvalue weighted by Gasteiger charge is 2.04. The van der Waals surface area contributed by atoms with Crippen LogP contribution in [0.15, 0.2) is 6.20 Å². The zero-order valence-corrected chi connectivity index (χ0v) is 8.89. The monoisotopic (exact) mass is 199 g/mol. The summed E-state index contributed by atoms with van der Waals surface area (Å²) in [5.74, 6) is 0. The van der Waals surface area contributed by atoms with Crippen LogP contribution in [0.1, 0.15) is 24.6 Å². The molecule has 1 rings (SSSR count). The highest BCUT2D eigenvalue weighted by atomic mass is 19.1. The van der Waals surface area contributed by atoms with Crippen molar-refractivity contribution in [3.05, 3.63) is 17.5 Å². The molecule has 1 aromatic rings. The molecule has 3 nitrogen and oxygen atoms in total. The first-order valence-electron chi connectivity index (χ1n) is 5.06. The van der Waals surface area contributed by atoms with Gasteiger partial charge in [-0.25, -0.2) is 0 Å². The average Bonchev–Trinajstić information content (AvgIpc) is 2.54. The summed E-state index contributed by atoms with van der Waals surface area (Å²) >= 11 is 0. The Balaban J connectivity index is 2.41. The molecule has 4 heteroatoms. The van der Waals surface area contributed by atoms with Crippen molar-refractivity contribution in [1.29, 1.82) is 0 Å². The van der Waals surface area contributed by atoms with Gasteiger partial charge in [-0.05, 0) is 19.4 Å². The molecule has 0 aliphatic carbocycles. The molecule has 0 atom stereocenters. The minimum atomic E-state index is -0.249. The van der Waals surface area contributed by atoms with Gasteiger partial charge in [0, 0.05) is 25.4 Å². The molecule has 0 bridgehead atoms. The third-order valence-electron chi connectivity index (χ3n) is 2.13. The summed E-state index contributed by atoms with van der Waals surface area (Å²) in [6.07, 6.45) is 3.55. The van der Waals surface area contributed by atoms with Crippen LogP contribution in [0.2, 0.25) is 0 Å². The van der Waals surface area contributed by atoms with Crippen molar-refractivity contribution >= 4 is 0 Å². The van der Waals surface area contributed by atoms with Crippen molar-refractivity contribution < 1.29 is 4.39 Å². The van der Waals surface area contributed by atoms with Crippen molar-refractivity contribution in [2.75, 3.05) is 13.2 Å². The van der Waals surface area contributed by atoms with E-state index in [9.17, 15) is 4.39 Å². The Bertz CT molecular complexity index is 270. The maximum Gasteiger partial charge on any atom is 0.0906 e. The van der Waals surface area contributed by atoms with Gasteiger partial charge in [0.15, 0.2) is 0 Å². The summed E-state index contributed by atoms with van der Waals surface area (Å²) in [6, 6.07) is 0. The third-order valence-corrected chi connectivity index (χ3v) is 2.13. The number of nitrogens with one attached hydrogen (secondary N) is 1. The van der Waals surface area contributed by atoms with Crippen LogP contribution in [0, 0.1) is 0 Å². The highest BCUT2D eigenvalue weighted by molar-refractivity contribution is 5.16. The van der Waals surface area contributed by atoms with Crippen molar-refractivity contribution in [1.82, 2.24) is 15.1 Å². The number of aromatic nitrogens is 2. The fraction of sp³-hybridized carbons (Fsp3) is 0.700. The molecular weight excluding hydrogens is 181 g/mol. The van der Waals surface area contributed by atoms with Gasteiger partial charge in [-0.1, -0.05) is 6.92 Å². The number of halogens is 1. The van der Waals surface area contributed by atoms with Crippen molar-refractivity contribution in [3.63, 3.8) is 0 Å². The normalized spacial score (nSPS) is 10.8. The van der Waals surface area contributed by atoms with Crippen LogP contribution in [0.25, 0.3) is 0 Å². The quantitative estimate of drug-likeness (QED) is 0.702. The van der Waals surface area contributed by atoms with E-state index >= 15 is 0 Å². The summed E-state index contributed by atoms with van der Waals surface area (Å²) in [5, 5.41) is 7.53. The minimum absolute atomic E-state index is 0.249. The van der Waals surface area contributed by atoms with E-state index in [0.717, 1.165) is 25.2 Å². The van der Waals surface area contributed by atoms with E-state index in [1.807, 2.05) is 17.9 Å². The number of nitrogens with zero attached hydrogens (tertiary/aromatic N) is 2. The zero-order valence-electron chi connectivity index (χ0n) is 8.89.